The number of piperazine rings is 1. The number of halogens is 3. The molecular weight excluding hydrogens is 361 g/mol. The highest BCUT2D eigenvalue weighted by Crippen LogP contribution is 2.25. The van der Waals surface area contributed by atoms with Crippen LogP contribution in [0.15, 0.2) is 24.3 Å². The Morgan fingerprint density at radius 2 is 1.56 bits per heavy atom. The zero-order chi connectivity index (χ0) is 19.3. The summed E-state index contributed by atoms with van der Waals surface area (Å²) in [6.45, 7) is 3.04. The molecule has 3 rings (SSSR count). The largest absolute Gasteiger partial charge is 0.573 e. The first-order valence-corrected chi connectivity index (χ1v) is 9.41. The van der Waals surface area contributed by atoms with E-state index in [1.807, 2.05) is 0 Å². The van der Waals surface area contributed by atoms with Gasteiger partial charge in [-0.25, -0.2) is 0 Å². The maximum Gasteiger partial charge on any atom is 0.573 e. The van der Waals surface area contributed by atoms with Gasteiger partial charge in [0.25, 0.3) is 5.91 Å². The van der Waals surface area contributed by atoms with Crippen molar-refractivity contribution in [2.24, 2.45) is 0 Å². The summed E-state index contributed by atoms with van der Waals surface area (Å²) >= 11 is 0. The van der Waals surface area contributed by atoms with Crippen molar-refractivity contribution < 1.29 is 27.4 Å². The van der Waals surface area contributed by atoms with Gasteiger partial charge < -0.3 is 14.4 Å². The smallest absolute Gasteiger partial charge is 0.484 e. The fourth-order valence-electron chi connectivity index (χ4n) is 3.76. The van der Waals surface area contributed by atoms with E-state index in [2.05, 4.69) is 9.64 Å². The van der Waals surface area contributed by atoms with Crippen LogP contribution in [0.25, 0.3) is 0 Å². The summed E-state index contributed by atoms with van der Waals surface area (Å²) in [5.41, 5.74) is 0. The Labute approximate surface area is 157 Å². The van der Waals surface area contributed by atoms with Crippen LogP contribution in [0.3, 0.4) is 0 Å². The quantitative estimate of drug-likeness (QED) is 0.778. The average molecular weight is 386 g/mol. The van der Waals surface area contributed by atoms with Gasteiger partial charge in [-0.15, -0.1) is 13.2 Å². The molecule has 2 fully saturated rings. The predicted octanol–water partition coefficient (Wildman–Crippen LogP) is 3.44. The molecule has 1 saturated heterocycles. The molecule has 1 aliphatic carbocycles. The summed E-state index contributed by atoms with van der Waals surface area (Å²) in [6, 6.07) is 5.70. The molecule has 27 heavy (non-hydrogen) atoms. The topological polar surface area (TPSA) is 42.0 Å². The number of benzene rings is 1. The summed E-state index contributed by atoms with van der Waals surface area (Å²) in [5.74, 6) is -0.0901. The van der Waals surface area contributed by atoms with Gasteiger partial charge in [-0.3, -0.25) is 9.69 Å². The Morgan fingerprint density at radius 3 is 2.15 bits per heavy atom. The Morgan fingerprint density at radius 1 is 0.963 bits per heavy atom. The fraction of sp³-hybridized carbons (Fsp3) is 0.632. The molecule has 1 aliphatic heterocycles. The van der Waals surface area contributed by atoms with E-state index in [0.29, 0.717) is 24.9 Å². The SMILES string of the molecule is O=C(COc1ccc(OC(F)(F)F)cc1)N1CCN(C2CCCCC2)CC1. The van der Waals surface area contributed by atoms with Crippen molar-refractivity contribution in [3.63, 3.8) is 0 Å². The van der Waals surface area contributed by atoms with Crippen LogP contribution in [-0.2, 0) is 4.79 Å². The molecule has 0 N–H and O–H groups in total. The van der Waals surface area contributed by atoms with E-state index in [4.69, 9.17) is 4.74 Å². The van der Waals surface area contributed by atoms with Gasteiger partial charge in [0.1, 0.15) is 11.5 Å². The molecule has 1 saturated carbocycles. The predicted molar refractivity (Wildman–Crippen MR) is 93.6 cm³/mol. The van der Waals surface area contributed by atoms with Gasteiger partial charge in [0.2, 0.25) is 0 Å². The van der Waals surface area contributed by atoms with E-state index in [9.17, 15) is 18.0 Å². The number of ether oxygens (including phenoxy) is 2. The van der Waals surface area contributed by atoms with Gasteiger partial charge in [0.15, 0.2) is 6.61 Å². The van der Waals surface area contributed by atoms with Crippen LogP contribution >= 0.6 is 0 Å². The minimum atomic E-state index is -4.72. The van der Waals surface area contributed by atoms with Crippen molar-refractivity contribution in [1.82, 2.24) is 9.80 Å². The van der Waals surface area contributed by atoms with Gasteiger partial charge in [-0.2, -0.15) is 0 Å². The molecule has 150 valence electrons. The number of carbonyl (C=O) groups is 1. The summed E-state index contributed by atoms with van der Waals surface area (Å²) in [4.78, 5) is 16.6. The second-order valence-corrected chi connectivity index (χ2v) is 7.02. The zero-order valence-corrected chi connectivity index (χ0v) is 15.2. The van der Waals surface area contributed by atoms with E-state index in [-0.39, 0.29) is 18.3 Å². The lowest BCUT2D eigenvalue weighted by Crippen LogP contribution is -2.53. The Hall–Kier alpha value is -1.96. The van der Waals surface area contributed by atoms with Crippen LogP contribution in [-0.4, -0.2) is 60.9 Å². The molecule has 0 atom stereocenters. The summed E-state index contributed by atoms with van der Waals surface area (Å²) in [7, 11) is 0. The number of alkyl halides is 3. The van der Waals surface area contributed by atoms with Gasteiger partial charge in [-0.1, -0.05) is 19.3 Å². The molecule has 0 bridgehead atoms. The minimum absolute atomic E-state index is 0.103. The Balaban J connectivity index is 1.40. The molecule has 2 aliphatic rings. The highest BCUT2D eigenvalue weighted by Gasteiger charge is 2.31. The summed E-state index contributed by atoms with van der Waals surface area (Å²) in [5, 5.41) is 0. The second-order valence-electron chi connectivity index (χ2n) is 7.02. The molecule has 0 unspecified atom stereocenters. The molecule has 1 heterocycles. The van der Waals surface area contributed by atoms with E-state index in [0.717, 1.165) is 25.2 Å². The third-order valence-corrected chi connectivity index (χ3v) is 5.18. The molecule has 8 heteroatoms. The Kier molecular flexibility index (Phi) is 6.46. The van der Waals surface area contributed by atoms with Crippen molar-refractivity contribution in [2.75, 3.05) is 32.8 Å². The molecular formula is C19H25F3N2O3. The van der Waals surface area contributed by atoms with E-state index in [1.165, 1.54) is 44.2 Å². The number of amides is 1. The van der Waals surface area contributed by atoms with Gasteiger partial charge in [-0.05, 0) is 37.1 Å². The lowest BCUT2D eigenvalue weighted by molar-refractivity contribution is -0.274. The Bertz CT molecular complexity index is 608. The fourth-order valence-corrected chi connectivity index (χ4v) is 3.76. The molecule has 1 aromatic carbocycles. The van der Waals surface area contributed by atoms with Crippen LogP contribution in [0.5, 0.6) is 11.5 Å². The van der Waals surface area contributed by atoms with Crippen LogP contribution in [0, 0.1) is 0 Å². The van der Waals surface area contributed by atoms with Crippen LogP contribution < -0.4 is 9.47 Å². The number of hydrogen-bond donors (Lipinski definition) is 0. The second kappa shape index (κ2) is 8.82. The highest BCUT2D eigenvalue weighted by atomic mass is 19.4. The van der Waals surface area contributed by atoms with Crippen molar-refractivity contribution in [3.8, 4) is 11.5 Å². The third kappa shape index (κ3) is 6.02. The van der Waals surface area contributed by atoms with Gasteiger partial charge >= 0.3 is 6.36 Å². The number of hydrogen-bond acceptors (Lipinski definition) is 4. The molecule has 0 aromatic heterocycles. The molecule has 0 radical (unpaired) electrons. The first kappa shape index (κ1) is 19.8. The number of nitrogens with zero attached hydrogens (tertiary/aromatic N) is 2. The molecule has 0 spiro atoms. The monoisotopic (exact) mass is 386 g/mol. The molecule has 5 nitrogen and oxygen atoms in total. The zero-order valence-electron chi connectivity index (χ0n) is 15.2. The third-order valence-electron chi connectivity index (χ3n) is 5.18. The maximum absolute atomic E-state index is 12.3. The van der Waals surface area contributed by atoms with Gasteiger partial charge in [0, 0.05) is 32.2 Å². The van der Waals surface area contributed by atoms with E-state index < -0.39 is 6.36 Å². The standard InChI is InChI=1S/C19H25F3N2O3/c20-19(21,22)27-17-8-6-16(7-9-17)26-14-18(25)24-12-10-23(11-13-24)15-4-2-1-3-5-15/h6-9,15H,1-5,10-14H2. The minimum Gasteiger partial charge on any atom is -0.484 e. The average Bonchev–Trinajstić information content (AvgIpc) is 2.67. The first-order chi connectivity index (χ1) is 12.9. The number of rotatable bonds is 5. The van der Waals surface area contributed by atoms with Crippen molar-refractivity contribution >= 4 is 5.91 Å². The maximum atomic E-state index is 12.3. The van der Waals surface area contributed by atoms with E-state index >= 15 is 0 Å². The molecule has 1 amide bonds. The number of carbonyl (C=O) groups excluding carboxylic acids is 1. The summed E-state index contributed by atoms with van der Waals surface area (Å²) in [6.07, 6.45) is 1.71. The van der Waals surface area contributed by atoms with Crippen molar-refractivity contribution in [1.29, 1.82) is 0 Å². The summed E-state index contributed by atoms with van der Waals surface area (Å²) < 4.78 is 45.6. The van der Waals surface area contributed by atoms with Crippen LogP contribution in [0.1, 0.15) is 32.1 Å². The lowest BCUT2D eigenvalue weighted by atomic mass is 9.94. The van der Waals surface area contributed by atoms with Crippen LogP contribution in [0.4, 0.5) is 13.2 Å². The van der Waals surface area contributed by atoms with Crippen molar-refractivity contribution in [2.45, 2.75) is 44.5 Å². The first-order valence-electron chi connectivity index (χ1n) is 9.41. The normalized spacial score (nSPS) is 19.7. The van der Waals surface area contributed by atoms with Gasteiger partial charge in [0.05, 0.1) is 0 Å². The van der Waals surface area contributed by atoms with Crippen molar-refractivity contribution in [3.05, 3.63) is 24.3 Å². The highest BCUT2D eigenvalue weighted by molar-refractivity contribution is 5.77. The van der Waals surface area contributed by atoms with Crippen LogP contribution in [0.2, 0.25) is 0 Å². The molecule has 1 aromatic rings. The van der Waals surface area contributed by atoms with E-state index in [1.54, 1.807) is 4.90 Å². The lowest BCUT2D eigenvalue weighted by Gasteiger charge is -2.40.